The second-order valence-corrected chi connectivity index (χ2v) is 7.87. The van der Waals surface area contributed by atoms with Gasteiger partial charge in [0.25, 0.3) is 5.91 Å². The van der Waals surface area contributed by atoms with E-state index in [0.29, 0.717) is 19.0 Å². The molecule has 3 heterocycles. The van der Waals surface area contributed by atoms with Gasteiger partial charge < -0.3 is 9.32 Å². The van der Waals surface area contributed by atoms with E-state index >= 15 is 0 Å². The van der Waals surface area contributed by atoms with Crippen LogP contribution in [0, 0.1) is 6.92 Å². The van der Waals surface area contributed by atoms with Crippen LogP contribution in [0.4, 0.5) is 0 Å². The van der Waals surface area contributed by atoms with Gasteiger partial charge in [0.2, 0.25) is 0 Å². The SMILES string of the molecule is Cc1ccc(C2=NN(C(=O)C[NH+]3CCCC[C@@H]3C)[C@H](c3ccco3)C2)cc1. The van der Waals surface area contributed by atoms with Crippen molar-refractivity contribution >= 4 is 11.6 Å². The molecule has 5 heteroatoms. The number of nitrogens with one attached hydrogen (secondary N) is 1. The van der Waals surface area contributed by atoms with Crippen LogP contribution >= 0.6 is 0 Å². The molecule has 1 aromatic heterocycles. The number of hydrogen-bond donors (Lipinski definition) is 1. The van der Waals surface area contributed by atoms with E-state index in [-0.39, 0.29) is 11.9 Å². The molecule has 1 N–H and O–H groups in total. The van der Waals surface area contributed by atoms with Gasteiger partial charge in [-0.15, -0.1) is 0 Å². The minimum Gasteiger partial charge on any atom is -0.467 e. The van der Waals surface area contributed by atoms with Gasteiger partial charge in [-0.1, -0.05) is 29.8 Å². The standard InChI is InChI=1S/C22H27N3O2/c1-16-8-10-18(11-9-16)19-14-20(21-7-5-13-27-21)25(23-19)22(26)15-24-12-4-3-6-17(24)2/h5,7-11,13,17,20H,3-4,6,12,14-15H2,1-2H3/p+1/t17-,20-/m0/s1. The molecule has 5 nitrogen and oxygen atoms in total. The summed E-state index contributed by atoms with van der Waals surface area (Å²) in [5.41, 5.74) is 3.24. The zero-order chi connectivity index (χ0) is 18.8. The first-order chi connectivity index (χ1) is 13.1. The molecule has 1 fully saturated rings. The van der Waals surface area contributed by atoms with Gasteiger partial charge in [-0.25, -0.2) is 5.01 Å². The highest BCUT2D eigenvalue weighted by molar-refractivity contribution is 6.03. The van der Waals surface area contributed by atoms with Gasteiger partial charge in [0.1, 0.15) is 11.8 Å². The number of piperidine rings is 1. The van der Waals surface area contributed by atoms with Crippen LogP contribution in [-0.2, 0) is 4.79 Å². The minimum absolute atomic E-state index is 0.0854. The maximum atomic E-state index is 13.2. The molecule has 2 aromatic rings. The molecule has 0 aliphatic carbocycles. The molecule has 142 valence electrons. The summed E-state index contributed by atoms with van der Waals surface area (Å²) < 4.78 is 5.64. The van der Waals surface area contributed by atoms with E-state index < -0.39 is 0 Å². The lowest BCUT2D eigenvalue weighted by Gasteiger charge is -2.31. The lowest BCUT2D eigenvalue weighted by Crippen LogP contribution is -3.17. The first-order valence-corrected chi connectivity index (χ1v) is 9.96. The van der Waals surface area contributed by atoms with Gasteiger partial charge in [0.15, 0.2) is 6.54 Å². The Morgan fingerprint density at radius 2 is 2.07 bits per heavy atom. The Labute approximate surface area is 160 Å². The van der Waals surface area contributed by atoms with E-state index in [1.165, 1.54) is 29.7 Å². The summed E-state index contributed by atoms with van der Waals surface area (Å²) in [5, 5.41) is 6.41. The molecule has 1 aromatic carbocycles. The summed E-state index contributed by atoms with van der Waals surface area (Å²) in [6.45, 7) is 5.89. The van der Waals surface area contributed by atoms with Crippen molar-refractivity contribution < 1.29 is 14.1 Å². The molecular weight excluding hydrogens is 338 g/mol. The Balaban J connectivity index is 1.57. The molecule has 0 bridgehead atoms. The largest absolute Gasteiger partial charge is 0.467 e. The summed E-state index contributed by atoms with van der Waals surface area (Å²) in [6, 6.07) is 12.5. The predicted octanol–water partition coefficient (Wildman–Crippen LogP) is 2.72. The molecule has 0 spiro atoms. The van der Waals surface area contributed by atoms with Crippen LogP contribution in [0.3, 0.4) is 0 Å². The number of carbonyl (C=O) groups excluding carboxylic acids is 1. The Bertz CT molecular complexity index is 811. The Morgan fingerprint density at radius 3 is 2.78 bits per heavy atom. The number of nitrogens with zero attached hydrogens (tertiary/aromatic N) is 2. The molecule has 1 saturated heterocycles. The minimum atomic E-state index is -0.150. The van der Waals surface area contributed by atoms with Crippen LogP contribution in [0.1, 0.15) is 55.5 Å². The number of carbonyl (C=O) groups is 1. The molecule has 2 aliphatic rings. The lowest BCUT2D eigenvalue weighted by atomic mass is 10.0. The van der Waals surface area contributed by atoms with Crippen molar-refractivity contribution in [3.8, 4) is 0 Å². The fraction of sp³-hybridized carbons (Fsp3) is 0.455. The molecule has 3 atom stereocenters. The van der Waals surface area contributed by atoms with Crippen LogP contribution in [0.5, 0.6) is 0 Å². The van der Waals surface area contributed by atoms with Crippen LogP contribution < -0.4 is 4.90 Å². The van der Waals surface area contributed by atoms with E-state index in [9.17, 15) is 4.79 Å². The van der Waals surface area contributed by atoms with Crippen molar-refractivity contribution in [1.82, 2.24) is 5.01 Å². The summed E-state index contributed by atoms with van der Waals surface area (Å²) in [4.78, 5) is 14.5. The van der Waals surface area contributed by atoms with Crippen LogP contribution in [0.15, 0.2) is 52.2 Å². The second-order valence-electron chi connectivity index (χ2n) is 7.87. The summed E-state index contributed by atoms with van der Waals surface area (Å²) in [7, 11) is 0. The smallest absolute Gasteiger partial charge is 0.298 e. The van der Waals surface area contributed by atoms with Gasteiger partial charge in [0, 0.05) is 6.42 Å². The highest BCUT2D eigenvalue weighted by Gasteiger charge is 2.37. The van der Waals surface area contributed by atoms with Gasteiger partial charge in [0.05, 0.1) is 24.6 Å². The highest BCUT2D eigenvalue weighted by Crippen LogP contribution is 2.32. The number of furan rings is 1. The van der Waals surface area contributed by atoms with Gasteiger partial charge >= 0.3 is 0 Å². The average molecular weight is 366 g/mol. The number of likely N-dealkylation sites (tertiary alicyclic amines) is 1. The topological polar surface area (TPSA) is 50.2 Å². The van der Waals surface area contributed by atoms with Crippen molar-refractivity contribution in [1.29, 1.82) is 0 Å². The lowest BCUT2D eigenvalue weighted by molar-refractivity contribution is -0.921. The normalized spacial score (nSPS) is 25.5. The third-order valence-corrected chi connectivity index (χ3v) is 5.88. The molecule has 27 heavy (non-hydrogen) atoms. The molecular formula is C22H28N3O2+. The van der Waals surface area contributed by atoms with Crippen molar-refractivity contribution in [3.63, 3.8) is 0 Å². The number of hydrogen-bond acceptors (Lipinski definition) is 3. The number of amides is 1. The second kappa shape index (κ2) is 7.69. The third kappa shape index (κ3) is 3.83. The van der Waals surface area contributed by atoms with Crippen LogP contribution in [-0.4, -0.2) is 35.8 Å². The molecule has 4 rings (SSSR count). The molecule has 0 saturated carbocycles. The predicted molar refractivity (Wildman–Crippen MR) is 105 cm³/mol. The number of aryl methyl sites for hydroxylation is 1. The average Bonchev–Trinajstić information content (AvgIpc) is 3.33. The highest BCUT2D eigenvalue weighted by atomic mass is 16.3. The van der Waals surface area contributed by atoms with E-state index in [1.807, 2.05) is 12.1 Å². The summed E-state index contributed by atoms with van der Waals surface area (Å²) >= 11 is 0. The zero-order valence-corrected chi connectivity index (χ0v) is 16.1. The Kier molecular flexibility index (Phi) is 5.12. The number of rotatable bonds is 4. The van der Waals surface area contributed by atoms with Crippen molar-refractivity contribution in [3.05, 3.63) is 59.5 Å². The summed E-state index contributed by atoms with van der Waals surface area (Å²) in [6.07, 6.45) is 6.02. The van der Waals surface area contributed by atoms with E-state index in [0.717, 1.165) is 23.6 Å². The first kappa shape index (κ1) is 18.0. The fourth-order valence-electron chi connectivity index (χ4n) is 4.15. The monoisotopic (exact) mass is 366 g/mol. The van der Waals surface area contributed by atoms with Gasteiger partial charge in [-0.3, -0.25) is 4.79 Å². The fourth-order valence-corrected chi connectivity index (χ4v) is 4.15. The number of quaternary nitrogens is 1. The van der Waals surface area contributed by atoms with Gasteiger partial charge in [-0.05, 0) is 50.8 Å². The Morgan fingerprint density at radius 1 is 1.26 bits per heavy atom. The van der Waals surface area contributed by atoms with E-state index in [2.05, 4.69) is 38.1 Å². The summed E-state index contributed by atoms with van der Waals surface area (Å²) in [5.74, 6) is 0.887. The molecule has 1 amide bonds. The first-order valence-electron chi connectivity index (χ1n) is 9.96. The maximum absolute atomic E-state index is 13.2. The number of benzene rings is 1. The quantitative estimate of drug-likeness (QED) is 0.905. The van der Waals surface area contributed by atoms with Crippen molar-refractivity contribution in [2.45, 2.75) is 51.6 Å². The van der Waals surface area contributed by atoms with E-state index in [1.54, 1.807) is 11.3 Å². The van der Waals surface area contributed by atoms with Crippen molar-refractivity contribution in [2.24, 2.45) is 5.10 Å². The molecule has 0 radical (unpaired) electrons. The molecule has 1 unspecified atom stereocenters. The zero-order valence-electron chi connectivity index (χ0n) is 16.1. The van der Waals surface area contributed by atoms with Crippen molar-refractivity contribution in [2.75, 3.05) is 13.1 Å². The van der Waals surface area contributed by atoms with Gasteiger partial charge in [-0.2, -0.15) is 5.10 Å². The van der Waals surface area contributed by atoms with Crippen LogP contribution in [0.25, 0.3) is 0 Å². The van der Waals surface area contributed by atoms with E-state index in [4.69, 9.17) is 9.52 Å². The third-order valence-electron chi connectivity index (χ3n) is 5.88. The molecule has 2 aliphatic heterocycles. The number of hydrazone groups is 1. The maximum Gasteiger partial charge on any atom is 0.298 e. The Hall–Kier alpha value is -2.40. The van der Waals surface area contributed by atoms with Crippen LogP contribution in [0.2, 0.25) is 0 Å².